The molecule has 2 aromatic rings. The Morgan fingerprint density at radius 1 is 1.23 bits per heavy atom. The Labute approximate surface area is 128 Å². The topological polar surface area (TPSA) is 90.3 Å². The van der Waals surface area contributed by atoms with E-state index in [4.69, 9.17) is 20.6 Å². The third-order valence-electron chi connectivity index (χ3n) is 3.46. The van der Waals surface area contributed by atoms with Crippen molar-refractivity contribution in [2.24, 2.45) is 5.73 Å². The van der Waals surface area contributed by atoms with Gasteiger partial charge in [-0.2, -0.15) is 0 Å². The molecule has 0 saturated heterocycles. The zero-order valence-electron chi connectivity index (χ0n) is 12.8. The third-order valence-corrected chi connectivity index (χ3v) is 3.46. The number of nitrogens with zero attached hydrogens (tertiary/aromatic N) is 1. The summed E-state index contributed by atoms with van der Waals surface area (Å²) in [5, 5.41) is 7.49. The zero-order valence-corrected chi connectivity index (χ0v) is 12.8. The molecular formula is C16H19N3O3. The first-order chi connectivity index (χ1) is 10.5. The number of amidine groups is 1. The molecule has 0 fully saturated rings. The van der Waals surface area contributed by atoms with Gasteiger partial charge in [0.25, 0.3) is 5.56 Å². The number of ether oxygens (including phenoxy) is 2. The second-order valence-corrected chi connectivity index (χ2v) is 4.66. The average Bonchev–Trinajstić information content (AvgIpc) is 2.53. The summed E-state index contributed by atoms with van der Waals surface area (Å²) in [6.07, 6.45) is 0. The number of aromatic nitrogens is 1. The maximum Gasteiger partial charge on any atom is 0.261 e. The molecule has 0 saturated carbocycles. The molecule has 1 aromatic carbocycles. The molecule has 116 valence electrons. The molecule has 6 heteroatoms. The van der Waals surface area contributed by atoms with Crippen molar-refractivity contribution < 1.29 is 9.47 Å². The molecule has 0 bridgehead atoms. The summed E-state index contributed by atoms with van der Waals surface area (Å²) in [5.74, 6) is 1.07. The minimum absolute atomic E-state index is 0.187. The van der Waals surface area contributed by atoms with Gasteiger partial charge in [-0.25, -0.2) is 0 Å². The van der Waals surface area contributed by atoms with Crippen molar-refractivity contribution in [3.05, 3.63) is 46.2 Å². The highest BCUT2D eigenvalue weighted by Gasteiger charge is 2.15. The van der Waals surface area contributed by atoms with Crippen molar-refractivity contribution >= 4 is 5.84 Å². The van der Waals surface area contributed by atoms with E-state index in [-0.39, 0.29) is 17.0 Å². The molecule has 1 heterocycles. The number of pyridine rings is 1. The van der Waals surface area contributed by atoms with Crippen molar-refractivity contribution in [1.82, 2.24) is 4.57 Å². The summed E-state index contributed by atoms with van der Waals surface area (Å²) in [6.45, 7) is 2.32. The molecule has 6 nitrogen and oxygen atoms in total. The number of nitrogen functional groups attached to an aromatic ring is 1. The van der Waals surface area contributed by atoms with Gasteiger partial charge in [0.15, 0.2) is 0 Å². The summed E-state index contributed by atoms with van der Waals surface area (Å²) in [6, 6.07) is 8.72. The minimum atomic E-state index is -0.294. The molecule has 22 heavy (non-hydrogen) atoms. The molecule has 2 rings (SSSR count). The molecule has 0 atom stereocenters. The van der Waals surface area contributed by atoms with E-state index in [2.05, 4.69) is 0 Å². The first-order valence-electron chi connectivity index (χ1n) is 6.84. The van der Waals surface area contributed by atoms with Gasteiger partial charge in [-0.3, -0.25) is 10.2 Å². The molecule has 0 aliphatic carbocycles. The van der Waals surface area contributed by atoms with Crippen LogP contribution in [-0.2, 0) is 6.54 Å². The largest absolute Gasteiger partial charge is 0.497 e. The number of hydrogen-bond acceptors (Lipinski definition) is 4. The van der Waals surface area contributed by atoms with Crippen LogP contribution in [0.1, 0.15) is 12.5 Å². The average molecular weight is 301 g/mol. The smallest absolute Gasteiger partial charge is 0.261 e. The molecular weight excluding hydrogens is 282 g/mol. The molecule has 0 aliphatic heterocycles. The fraction of sp³-hybridized carbons (Fsp3) is 0.250. The van der Waals surface area contributed by atoms with Gasteiger partial charge in [0.2, 0.25) is 0 Å². The fourth-order valence-corrected chi connectivity index (χ4v) is 2.35. The van der Waals surface area contributed by atoms with Crippen molar-refractivity contribution in [1.29, 1.82) is 5.41 Å². The first kappa shape index (κ1) is 15.6. The van der Waals surface area contributed by atoms with Crippen LogP contribution in [0.4, 0.5) is 0 Å². The molecule has 3 N–H and O–H groups in total. The molecule has 0 unspecified atom stereocenters. The lowest BCUT2D eigenvalue weighted by Crippen LogP contribution is -2.30. The van der Waals surface area contributed by atoms with Gasteiger partial charge in [-0.1, -0.05) is 0 Å². The van der Waals surface area contributed by atoms with Crippen LogP contribution in [0.15, 0.2) is 35.1 Å². The molecule has 0 amide bonds. The molecule has 0 aliphatic rings. The second-order valence-electron chi connectivity index (χ2n) is 4.66. The van der Waals surface area contributed by atoms with Gasteiger partial charge in [-0.05, 0) is 37.3 Å². The standard InChI is InChI=1S/C16H19N3O3/c1-4-19-13(7-6-11(15(17)18)16(19)20)12-9-10(21-2)5-8-14(12)22-3/h5-9H,4H2,1-3H3,(H3,17,18). The highest BCUT2D eigenvalue weighted by Crippen LogP contribution is 2.32. The Bertz CT molecular complexity index is 766. The lowest BCUT2D eigenvalue weighted by Gasteiger charge is -2.16. The highest BCUT2D eigenvalue weighted by atomic mass is 16.5. The van der Waals surface area contributed by atoms with Gasteiger partial charge >= 0.3 is 0 Å². The monoisotopic (exact) mass is 301 g/mol. The van der Waals surface area contributed by atoms with Crippen molar-refractivity contribution in [2.45, 2.75) is 13.5 Å². The number of benzene rings is 1. The van der Waals surface area contributed by atoms with E-state index in [0.717, 1.165) is 5.56 Å². The number of methoxy groups -OCH3 is 2. The van der Waals surface area contributed by atoms with Crippen LogP contribution in [-0.4, -0.2) is 24.6 Å². The summed E-state index contributed by atoms with van der Waals surface area (Å²) >= 11 is 0. The van der Waals surface area contributed by atoms with Crippen LogP contribution in [0, 0.1) is 5.41 Å². The van der Waals surface area contributed by atoms with E-state index < -0.39 is 0 Å². The summed E-state index contributed by atoms with van der Waals surface area (Å²) in [4.78, 5) is 12.5. The van der Waals surface area contributed by atoms with Crippen LogP contribution in [0.5, 0.6) is 11.5 Å². The Morgan fingerprint density at radius 3 is 2.50 bits per heavy atom. The maximum absolute atomic E-state index is 12.5. The van der Waals surface area contributed by atoms with Gasteiger partial charge in [0.05, 0.1) is 25.5 Å². The number of rotatable bonds is 5. The Morgan fingerprint density at radius 2 is 1.95 bits per heavy atom. The second kappa shape index (κ2) is 6.34. The summed E-state index contributed by atoms with van der Waals surface area (Å²) in [7, 11) is 3.15. The van der Waals surface area contributed by atoms with Crippen LogP contribution in [0.3, 0.4) is 0 Å². The highest BCUT2D eigenvalue weighted by molar-refractivity contribution is 5.94. The summed E-state index contributed by atoms with van der Waals surface area (Å²) in [5.41, 5.74) is 6.78. The van der Waals surface area contributed by atoms with Crippen molar-refractivity contribution in [3.63, 3.8) is 0 Å². The van der Waals surface area contributed by atoms with Crippen molar-refractivity contribution in [2.75, 3.05) is 14.2 Å². The molecule has 0 spiro atoms. The molecule has 0 radical (unpaired) electrons. The Kier molecular flexibility index (Phi) is 4.50. The zero-order chi connectivity index (χ0) is 16.3. The van der Waals surface area contributed by atoms with E-state index in [9.17, 15) is 4.79 Å². The van der Waals surface area contributed by atoms with Gasteiger partial charge in [0.1, 0.15) is 17.3 Å². The van der Waals surface area contributed by atoms with Crippen molar-refractivity contribution in [3.8, 4) is 22.8 Å². The van der Waals surface area contributed by atoms with Gasteiger partial charge in [-0.15, -0.1) is 0 Å². The van der Waals surface area contributed by atoms with E-state index in [1.165, 1.54) is 0 Å². The number of hydrogen-bond donors (Lipinski definition) is 2. The number of nitrogens with two attached hydrogens (primary N) is 1. The third kappa shape index (κ3) is 2.67. The molecule has 1 aromatic heterocycles. The SMILES string of the molecule is CCn1c(-c2cc(OC)ccc2OC)ccc(C(=N)N)c1=O. The predicted octanol–water partition coefficient (Wildman–Crippen LogP) is 1.84. The van der Waals surface area contributed by atoms with Gasteiger partial charge in [0, 0.05) is 12.1 Å². The number of nitrogens with one attached hydrogen (secondary N) is 1. The van der Waals surface area contributed by atoms with E-state index in [1.54, 1.807) is 43.1 Å². The normalized spacial score (nSPS) is 10.3. The maximum atomic E-state index is 12.5. The fourth-order valence-electron chi connectivity index (χ4n) is 2.35. The van der Waals surface area contributed by atoms with E-state index in [1.807, 2.05) is 13.0 Å². The van der Waals surface area contributed by atoms with Crippen LogP contribution >= 0.6 is 0 Å². The van der Waals surface area contributed by atoms with E-state index in [0.29, 0.717) is 23.7 Å². The minimum Gasteiger partial charge on any atom is -0.497 e. The Balaban J connectivity index is 2.75. The quantitative estimate of drug-likeness (QED) is 0.651. The lowest BCUT2D eigenvalue weighted by atomic mass is 10.1. The van der Waals surface area contributed by atoms with Crippen LogP contribution in [0.2, 0.25) is 0 Å². The van der Waals surface area contributed by atoms with E-state index >= 15 is 0 Å². The van der Waals surface area contributed by atoms with Crippen LogP contribution in [0.25, 0.3) is 11.3 Å². The van der Waals surface area contributed by atoms with Crippen LogP contribution < -0.4 is 20.8 Å². The van der Waals surface area contributed by atoms with Gasteiger partial charge < -0.3 is 19.8 Å². The lowest BCUT2D eigenvalue weighted by molar-refractivity contribution is 0.404. The first-order valence-corrected chi connectivity index (χ1v) is 6.84. The summed E-state index contributed by atoms with van der Waals surface area (Å²) < 4.78 is 12.2. The predicted molar refractivity (Wildman–Crippen MR) is 85.9 cm³/mol. The Hall–Kier alpha value is -2.76.